The monoisotopic (exact) mass is 520 g/mol. The van der Waals surface area contributed by atoms with Crippen LogP contribution in [0.1, 0.15) is 49.3 Å². The molecule has 32 heavy (non-hydrogen) atoms. The summed E-state index contributed by atoms with van der Waals surface area (Å²) in [4.78, 5) is 27.7. The van der Waals surface area contributed by atoms with Crippen molar-refractivity contribution in [2.75, 3.05) is 6.61 Å². The molecule has 0 spiro atoms. The fourth-order valence-corrected chi connectivity index (χ4v) is 4.33. The van der Waals surface area contributed by atoms with Crippen molar-refractivity contribution in [3.63, 3.8) is 0 Å². The largest absolute Gasteiger partial charge is 0.484 e. The van der Waals surface area contributed by atoms with E-state index in [4.69, 9.17) is 16.3 Å². The highest BCUT2D eigenvalue weighted by Gasteiger charge is 2.28. The second kappa shape index (κ2) is 11.2. The van der Waals surface area contributed by atoms with Gasteiger partial charge in [-0.05, 0) is 74.6 Å². The van der Waals surface area contributed by atoms with Gasteiger partial charge in [0, 0.05) is 22.1 Å². The molecule has 0 aromatic heterocycles. The highest BCUT2D eigenvalue weighted by Crippen LogP contribution is 2.26. The average Bonchev–Trinajstić information content (AvgIpc) is 3.27. The van der Waals surface area contributed by atoms with Crippen LogP contribution in [0, 0.1) is 13.8 Å². The first-order valence-electron chi connectivity index (χ1n) is 11.0. The van der Waals surface area contributed by atoms with Gasteiger partial charge in [0.15, 0.2) is 6.61 Å². The maximum Gasteiger partial charge on any atom is 0.261 e. The van der Waals surface area contributed by atoms with Crippen LogP contribution >= 0.6 is 27.5 Å². The van der Waals surface area contributed by atoms with Crippen LogP contribution in [-0.4, -0.2) is 35.4 Å². The van der Waals surface area contributed by atoms with Gasteiger partial charge in [-0.1, -0.05) is 52.5 Å². The van der Waals surface area contributed by atoms with Crippen LogP contribution in [0.4, 0.5) is 0 Å². The van der Waals surface area contributed by atoms with Gasteiger partial charge in [0.25, 0.3) is 5.91 Å². The van der Waals surface area contributed by atoms with Gasteiger partial charge < -0.3 is 15.0 Å². The molecule has 2 amide bonds. The first-order chi connectivity index (χ1) is 15.2. The summed E-state index contributed by atoms with van der Waals surface area (Å²) in [5.41, 5.74) is 2.98. The van der Waals surface area contributed by atoms with Crippen LogP contribution in [0.3, 0.4) is 0 Å². The van der Waals surface area contributed by atoms with E-state index in [0.717, 1.165) is 46.8 Å². The molecular formula is C25H30BrClN2O3. The lowest BCUT2D eigenvalue weighted by molar-refractivity contribution is -0.142. The van der Waals surface area contributed by atoms with Gasteiger partial charge in [-0.15, -0.1) is 0 Å². The van der Waals surface area contributed by atoms with Crippen LogP contribution in [-0.2, 0) is 16.1 Å². The number of amides is 2. The smallest absolute Gasteiger partial charge is 0.261 e. The Morgan fingerprint density at radius 2 is 1.75 bits per heavy atom. The molecular weight excluding hydrogens is 492 g/mol. The normalized spacial score (nSPS) is 14.8. The van der Waals surface area contributed by atoms with E-state index in [9.17, 15) is 9.59 Å². The summed E-state index contributed by atoms with van der Waals surface area (Å²) >= 11 is 9.55. The van der Waals surface area contributed by atoms with E-state index in [1.54, 1.807) is 24.0 Å². The van der Waals surface area contributed by atoms with Crippen molar-refractivity contribution in [3.05, 3.63) is 62.6 Å². The number of rotatable bonds is 8. The summed E-state index contributed by atoms with van der Waals surface area (Å²) in [6, 6.07) is 10.7. The molecule has 1 aliphatic carbocycles. The highest BCUT2D eigenvalue weighted by molar-refractivity contribution is 9.10. The van der Waals surface area contributed by atoms with Crippen LogP contribution in [0.5, 0.6) is 5.75 Å². The Morgan fingerprint density at radius 3 is 2.34 bits per heavy atom. The Bertz CT molecular complexity index is 935. The Balaban J connectivity index is 1.73. The number of nitrogens with zero attached hydrogens (tertiary/aromatic N) is 1. The highest BCUT2D eigenvalue weighted by atomic mass is 79.9. The molecule has 0 aliphatic heterocycles. The molecule has 2 aromatic carbocycles. The van der Waals surface area contributed by atoms with Gasteiger partial charge in [0.2, 0.25) is 5.91 Å². The minimum atomic E-state index is -0.615. The molecule has 1 fully saturated rings. The van der Waals surface area contributed by atoms with Crippen LogP contribution in [0.2, 0.25) is 5.02 Å². The number of benzene rings is 2. The summed E-state index contributed by atoms with van der Waals surface area (Å²) in [6.45, 7) is 5.89. The predicted molar refractivity (Wildman–Crippen MR) is 131 cm³/mol. The standard InChI is InChI=1S/C25H30BrClN2O3/c1-16-12-22(13-17(2)24(16)26)32-15-23(30)29(14-19-8-10-20(27)11-9-19)18(3)25(31)28-21-6-4-5-7-21/h8-13,18,21H,4-7,14-15H2,1-3H3,(H,28,31). The summed E-state index contributed by atoms with van der Waals surface area (Å²) in [5, 5.41) is 3.73. The quantitative estimate of drug-likeness (QED) is 0.494. The molecule has 7 heteroatoms. The van der Waals surface area contributed by atoms with E-state index < -0.39 is 6.04 Å². The van der Waals surface area contributed by atoms with Gasteiger partial charge in [0.1, 0.15) is 11.8 Å². The summed E-state index contributed by atoms with van der Waals surface area (Å²) < 4.78 is 6.85. The van der Waals surface area contributed by atoms with Crippen LogP contribution in [0.15, 0.2) is 40.9 Å². The van der Waals surface area contributed by atoms with Gasteiger partial charge >= 0.3 is 0 Å². The number of halogens is 2. The predicted octanol–water partition coefficient (Wildman–Crippen LogP) is 5.57. The third kappa shape index (κ3) is 6.48. The van der Waals surface area contributed by atoms with E-state index in [1.165, 1.54) is 0 Å². The Hall–Kier alpha value is -2.05. The van der Waals surface area contributed by atoms with Crippen LogP contribution < -0.4 is 10.1 Å². The van der Waals surface area contributed by atoms with Crippen molar-refractivity contribution in [2.45, 2.75) is 65.1 Å². The van der Waals surface area contributed by atoms with Crippen molar-refractivity contribution in [2.24, 2.45) is 0 Å². The maximum atomic E-state index is 13.2. The average molecular weight is 522 g/mol. The fraction of sp³-hybridized carbons (Fsp3) is 0.440. The molecule has 5 nitrogen and oxygen atoms in total. The van der Waals surface area contributed by atoms with Crippen molar-refractivity contribution >= 4 is 39.3 Å². The van der Waals surface area contributed by atoms with Crippen molar-refractivity contribution in [1.82, 2.24) is 10.2 Å². The lowest BCUT2D eigenvalue weighted by atomic mass is 10.1. The number of aryl methyl sites for hydroxylation is 2. The number of carbonyl (C=O) groups is 2. The Kier molecular flexibility index (Phi) is 8.60. The minimum absolute atomic E-state index is 0.130. The van der Waals surface area contributed by atoms with E-state index >= 15 is 0 Å². The Morgan fingerprint density at radius 1 is 1.16 bits per heavy atom. The van der Waals surface area contributed by atoms with E-state index in [0.29, 0.717) is 17.3 Å². The maximum absolute atomic E-state index is 13.2. The van der Waals surface area contributed by atoms with E-state index in [1.807, 2.05) is 38.1 Å². The first kappa shape index (κ1) is 24.6. The number of ether oxygens (including phenoxy) is 1. The first-order valence-corrected chi connectivity index (χ1v) is 12.2. The number of hydrogen-bond acceptors (Lipinski definition) is 3. The molecule has 2 aromatic rings. The lowest BCUT2D eigenvalue weighted by Crippen LogP contribution is -2.50. The van der Waals surface area contributed by atoms with Gasteiger partial charge in [-0.2, -0.15) is 0 Å². The molecule has 0 bridgehead atoms. The third-order valence-corrected chi connectivity index (χ3v) is 7.41. The van der Waals surface area contributed by atoms with Crippen LogP contribution in [0.25, 0.3) is 0 Å². The summed E-state index contributed by atoms with van der Waals surface area (Å²) in [7, 11) is 0. The van der Waals surface area contributed by atoms with Gasteiger partial charge in [-0.3, -0.25) is 9.59 Å². The zero-order valence-corrected chi connectivity index (χ0v) is 21.1. The molecule has 0 heterocycles. The lowest BCUT2D eigenvalue weighted by Gasteiger charge is -2.29. The third-order valence-electron chi connectivity index (χ3n) is 5.91. The van der Waals surface area contributed by atoms with Crippen molar-refractivity contribution in [1.29, 1.82) is 0 Å². The molecule has 172 valence electrons. The molecule has 1 aliphatic rings. The summed E-state index contributed by atoms with van der Waals surface area (Å²) in [6.07, 6.45) is 4.25. The molecule has 1 saturated carbocycles. The second-order valence-electron chi connectivity index (χ2n) is 8.47. The Labute approximate surface area is 203 Å². The van der Waals surface area contributed by atoms with E-state index in [2.05, 4.69) is 21.2 Å². The summed E-state index contributed by atoms with van der Waals surface area (Å²) in [5.74, 6) is 0.257. The SMILES string of the molecule is Cc1cc(OCC(=O)N(Cc2ccc(Cl)cc2)C(C)C(=O)NC2CCCC2)cc(C)c1Br. The zero-order valence-electron chi connectivity index (χ0n) is 18.8. The zero-order chi connectivity index (χ0) is 23.3. The van der Waals surface area contributed by atoms with Gasteiger partial charge in [-0.25, -0.2) is 0 Å². The van der Waals surface area contributed by atoms with Crippen molar-refractivity contribution in [3.8, 4) is 5.75 Å². The molecule has 1 atom stereocenters. The van der Waals surface area contributed by atoms with Gasteiger partial charge in [0.05, 0.1) is 0 Å². The van der Waals surface area contributed by atoms with E-state index in [-0.39, 0.29) is 24.5 Å². The molecule has 1 unspecified atom stereocenters. The number of carbonyl (C=O) groups excluding carboxylic acids is 2. The molecule has 0 radical (unpaired) electrons. The minimum Gasteiger partial charge on any atom is -0.484 e. The molecule has 1 N–H and O–H groups in total. The molecule has 0 saturated heterocycles. The number of hydrogen-bond donors (Lipinski definition) is 1. The number of nitrogens with one attached hydrogen (secondary N) is 1. The second-order valence-corrected chi connectivity index (χ2v) is 9.70. The molecule has 3 rings (SSSR count). The fourth-order valence-electron chi connectivity index (χ4n) is 3.98. The topological polar surface area (TPSA) is 58.6 Å². The van der Waals surface area contributed by atoms with Crippen molar-refractivity contribution < 1.29 is 14.3 Å².